The lowest BCUT2D eigenvalue weighted by Crippen LogP contribution is -2.40. The van der Waals surface area contributed by atoms with E-state index < -0.39 is 29.4 Å². The lowest BCUT2D eigenvalue weighted by molar-refractivity contribution is -0.152. The lowest BCUT2D eigenvalue weighted by atomic mass is 9.67. The first-order valence-corrected chi connectivity index (χ1v) is 24.3. The normalized spacial score (nSPS) is 22.1. The van der Waals surface area contributed by atoms with Gasteiger partial charge in [-0.1, -0.05) is 81.6 Å². The molecule has 0 saturated heterocycles. The van der Waals surface area contributed by atoms with Gasteiger partial charge in [-0.3, -0.25) is 9.59 Å². The van der Waals surface area contributed by atoms with Gasteiger partial charge in [0.25, 0.3) is 0 Å². The van der Waals surface area contributed by atoms with E-state index in [0.717, 1.165) is 47.1 Å². The Labute approximate surface area is 398 Å². The minimum Gasteiger partial charge on any atom is -0.465 e. The zero-order valence-corrected chi connectivity index (χ0v) is 39.1. The minimum atomic E-state index is -0.984. The van der Waals surface area contributed by atoms with Gasteiger partial charge in [-0.15, -0.1) is 12.8 Å². The van der Waals surface area contributed by atoms with Gasteiger partial charge in [-0.05, 0) is 167 Å². The first kappa shape index (κ1) is 49.9. The third kappa shape index (κ3) is 15.0. The number of benzene rings is 3. The maximum absolute atomic E-state index is 14.1. The molecule has 0 bridgehead atoms. The molecular weight excluding hydrogens is 837 g/mol. The maximum atomic E-state index is 14.1. The van der Waals surface area contributed by atoms with Crippen LogP contribution >= 0.6 is 0 Å². The fourth-order valence-electron chi connectivity index (χ4n) is 9.66. The van der Waals surface area contributed by atoms with Crippen LogP contribution in [0.15, 0.2) is 79.4 Å². The van der Waals surface area contributed by atoms with Crippen LogP contribution in [0.25, 0.3) is 0 Å². The van der Waals surface area contributed by atoms with Gasteiger partial charge in [0.05, 0.1) is 36.2 Å². The van der Waals surface area contributed by atoms with Gasteiger partial charge < -0.3 is 18.9 Å². The molecule has 3 aromatic rings. The summed E-state index contributed by atoms with van der Waals surface area (Å²) in [6.07, 6.45) is 29.2. The topological polar surface area (TPSA) is 105 Å². The Morgan fingerprint density at radius 3 is 1.81 bits per heavy atom. The fourth-order valence-corrected chi connectivity index (χ4v) is 9.66. The SMILES string of the molecule is C#Cc1ccc(C#Cc2ccc(C#CC3(OC(=O)c4ccc(OC(=O)C5CCC(C(=O)OCCCCOC(=O)C=C)CC5)c(C#C)c4)CCC(C4CCC(CCCCC)CC4)CC3)cc2)cc1. The number of carbonyl (C=O) groups is 4. The average Bonchev–Trinajstić information content (AvgIpc) is 3.37. The highest BCUT2D eigenvalue weighted by Gasteiger charge is 2.41. The molecule has 8 nitrogen and oxygen atoms in total. The first-order valence-electron chi connectivity index (χ1n) is 24.3. The molecule has 6 rings (SSSR count). The van der Waals surface area contributed by atoms with Crippen molar-refractivity contribution in [2.24, 2.45) is 29.6 Å². The third-order valence-corrected chi connectivity index (χ3v) is 13.8. The van der Waals surface area contributed by atoms with Crippen LogP contribution in [-0.2, 0) is 28.6 Å². The van der Waals surface area contributed by atoms with E-state index in [1.165, 1.54) is 57.4 Å². The summed E-state index contributed by atoms with van der Waals surface area (Å²) in [6.45, 7) is 6.10. The lowest BCUT2D eigenvalue weighted by Gasteiger charge is -2.41. The summed E-state index contributed by atoms with van der Waals surface area (Å²) in [7, 11) is 0. The highest BCUT2D eigenvalue weighted by molar-refractivity contribution is 5.91. The molecule has 0 atom stereocenters. The van der Waals surface area contributed by atoms with E-state index in [-0.39, 0.29) is 42.0 Å². The van der Waals surface area contributed by atoms with Crippen molar-refractivity contribution in [1.82, 2.24) is 0 Å². The number of hydrogen-bond acceptors (Lipinski definition) is 8. The molecule has 0 unspecified atom stereocenters. The Hall–Kier alpha value is -6.48. The molecule has 3 aliphatic carbocycles. The Morgan fingerprint density at radius 2 is 1.22 bits per heavy atom. The number of rotatable bonds is 16. The van der Waals surface area contributed by atoms with Gasteiger partial charge in [0.2, 0.25) is 0 Å². The van der Waals surface area contributed by atoms with Gasteiger partial charge >= 0.3 is 23.9 Å². The van der Waals surface area contributed by atoms with Crippen molar-refractivity contribution in [3.8, 4) is 54.1 Å². The molecule has 3 saturated carbocycles. The number of unbranched alkanes of at least 4 members (excludes halogenated alkanes) is 3. The van der Waals surface area contributed by atoms with Crippen molar-refractivity contribution >= 4 is 23.9 Å². The summed E-state index contributed by atoms with van der Waals surface area (Å²) in [5.74, 6) is 18.2. The van der Waals surface area contributed by atoms with Gasteiger partial charge in [-0.25, -0.2) is 9.59 Å². The fraction of sp³-hybridized carbons (Fsp3) is 0.458. The largest absolute Gasteiger partial charge is 0.465 e. The van der Waals surface area contributed by atoms with Crippen molar-refractivity contribution in [3.05, 3.63) is 113 Å². The molecule has 8 heteroatoms. The van der Waals surface area contributed by atoms with E-state index in [2.05, 4.69) is 49.0 Å². The van der Waals surface area contributed by atoms with Crippen molar-refractivity contribution in [1.29, 1.82) is 0 Å². The minimum absolute atomic E-state index is 0.189. The predicted molar refractivity (Wildman–Crippen MR) is 260 cm³/mol. The Bertz CT molecular complexity index is 2380. The summed E-state index contributed by atoms with van der Waals surface area (Å²) in [4.78, 5) is 51.2. The molecule has 0 spiro atoms. The number of esters is 4. The van der Waals surface area contributed by atoms with Gasteiger partial charge in [0.15, 0.2) is 5.60 Å². The molecule has 3 aliphatic rings. The van der Waals surface area contributed by atoms with Crippen LogP contribution < -0.4 is 4.74 Å². The van der Waals surface area contributed by atoms with Gasteiger partial charge in [-0.2, -0.15) is 0 Å². The van der Waals surface area contributed by atoms with Crippen molar-refractivity contribution in [2.45, 2.75) is 128 Å². The molecule has 0 amide bonds. The Morgan fingerprint density at radius 1 is 0.657 bits per heavy atom. The molecule has 3 aromatic carbocycles. The highest BCUT2D eigenvalue weighted by atomic mass is 16.6. The summed E-state index contributed by atoms with van der Waals surface area (Å²) in [6, 6.07) is 20.0. The molecule has 0 aromatic heterocycles. The van der Waals surface area contributed by atoms with Crippen LogP contribution in [0.4, 0.5) is 0 Å². The zero-order valence-electron chi connectivity index (χ0n) is 39.1. The third-order valence-electron chi connectivity index (χ3n) is 13.8. The molecule has 0 aliphatic heterocycles. The van der Waals surface area contributed by atoms with Crippen LogP contribution in [-0.4, -0.2) is 42.7 Å². The summed E-state index contributed by atoms with van der Waals surface area (Å²) < 4.78 is 22.6. The molecule has 3 fully saturated rings. The van der Waals surface area contributed by atoms with E-state index in [0.29, 0.717) is 63.2 Å². The second-order valence-corrected chi connectivity index (χ2v) is 18.4. The molecule has 0 radical (unpaired) electrons. The van der Waals surface area contributed by atoms with Crippen molar-refractivity contribution in [3.63, 3.8) is 0 Å². The molecule has 0 heterocycles. The van der Waals surface area contributed by atoms with E-state index in [1.54, 1.807) is 12.1 Å². The average molecular weight is 901 g/mol. The first-order chi connectivity index (χ1) is 32.6. The highest BCUT2D eigenvalue weighted by Crippen LogP contribution is 2.45. The molecule has 348 valence electrons. The second-order valence-electron chi connectivity index (χ2n) is 18.4. The van der Waals surface area contributed by atoms with Gasteiger partial charge in [0, 0.05) is 28.3 Å². The van der Waals surface area contributed by atoms with Crippen LogP contribution in [0, 0.1) is 78.0 Å². The Kier molecular flexibility index (Phi) is 19.0. The standard InChI is InChI=1S/C59H64O8/c1-5-9-10-13-44-24-26-49(27-25-44)50-35-38-59(39-36-50,37-34-47-22-20-46(21-23-47)19-18-45-16-14-43(6-2)15-17-45)67-58(63)53-32-33-54(48(7-3)42-53)66-57(62)52-30-28-51(29-31-52)56(61)65-41-12-11-40-64-55(60)8-4/h2-3,8,14-17,20-23,32-33,42,44,49-52H,4-5,9-13,24-31,35-36,38-41H2,1H3. The van der Waals surface area contributed by atoms with E-state index in [9.17, 15) is 19.2 Å². The monoisotopic (exact) mass is 900 g/mol. The number of terminal acetylenes is 2. The summed E-state index contributed by atoms with van der Waals surface area (Å²) in [5, 5.41) is 0. The number of hydrogen-bond donors (Lipinski definition) is 0. The quantitative estimate of drug-likeness (QED) is 0.0350. The van der Waals surface area contributed by atoms with Crippen LogP contribution in [0.1, 0.15) is 161 Å². The number of ether oxygens (including phenoxy) is 4. The summed E-state index contributed by atoms with van der Waals surface area (Å²) >= 11 is 0. The zero-order chi connectivity index (χ0) is 47.4. The Balaban J connectivity index is 1.07. The second kappa shape index (κ2) is 25.4. The van der Waals surface area contributed by atoms with Gasteiger partial charge in [0.1, 0.15) is 5.75 Å². The van der Waals surface area contributed by atoms with Crippen LogP contribution in [0.2, 0.25) is 0 Å². The van der Waals surface area contributed by atoms with E-state index >= 15 is 0 Å². The molecule has 0 N–H and O–H groups in total. The van der Waals surface area contributed by atoms with E-state index in [1.807, 2.05) is 48.5 Å². The van der Waals surface area contributed by atoms with Crippen molar-refractivity contribution < 1.29 is 38.1 Å². The summed E-state index contributed by atoms with van der Waals surface area (Å²) in [5.41, 5.74) is 2.88. The molecular formula is C59H64O8. The predicted octanol–water partition coefficient (Wildman–Crippen LogP) is 11.3. The number of carbonyl (C=O) groups excluding carboxylic acids is 4. The van der Waals surface area contributed by atoms with Crippen LogP contribution in [0.5, 0.6) is 5.75 Å². The van der Waals surface area contributed by atoms with E-state index in [4.69, 9.17) is 31.8 Å². The van der Waals surface area contributed by atoms with Crippen molar-refractivity contribution in [2.75, 3.05) is 13.2 Å². The maximum Gasteiger partial charge on any atom is 0.339 e. The molecule has 67 heavy (non-hydrogen) atoms. The van der Waals surface area contributed by atoms with Crippen LogP contribution in [0.3, 0.4) is 0 Å². The smallest absolute Gasteiger partial charge is 0.339 e.